The topological polar surface area (TPSA) is 49.4 Å². The lowest BCUT2D eigenvalue weighted by atomic mass is 9.82. The molecular formula is C16H28N2O2. The zero-order chi connectivity index (χ0) is 14.9. The lowest BCUT2D eigenvalue weighted by Crippen LogP contribution is -2.64. The lowest BCUT2D eigenvalue weighted by molar-refractivity contribution is -0.150. The maximum atomic E-state index is 12.6. The van der Waals surface area contributed by atoms with Crippen molar-refractivity contribution in [1.82, 2.24) is 10.2 Å². The summed E-state index contributed by atoms with van der Waals surface area (Å²) in [6.45, 7) is 8.87. The molecule has 114 valence electrons. The molecule has 1 saturated carbocycles. The molecule has 0 aromatic rings. The number of nitrogens with one attached hydrogen (secondary N) is 1. The Morgan fingerprint density at radius 3 is 2.30 bits per heavy atom. The molecule has 20 heavy (non-hydrogen) atoms. The van der Waals surface area contributed by atoms with Gasteiger partial charge in [0, 0.05) is 6.54 Å². The molecule has 2 fully saturated rings. The minimum Gasteiger partial charge on any atom is -0.342 e. The molecule has 1 aliphatic heterocycles. The summed E-state index contributed by atoms with van der Waals surface area (Å²) in [5, 5.41) is 2.86. The van der Waals surface area contributed by atoms with E-state index < -0.39 is 0 Å². The van der Waals surface area contributed by atoms with E-state index in [2.05, 4.69) is 12.2 Å². The quantitative estimate of drug-likeness (QED) is 0.861. The summed E-state index contributed by atoms with van der Waals surface area (Å²) in [4.78, 5) is 26.4. The highest BCUT2D eigenvalue weighted by Gasteiger charge is 2.40. The van der Waals surface area contributed by atoms with Gasteiger partial charge in [0.05, 0.1) is 0 Å². The largest absolute Gasteiger partial charge is 0.342 e. The van der Waals surface area contributed by atoms with Crippen LogP contribution in [0.2, 0.25) is 0 Å². The van der Waals surface area contributed by atoms with Gasteiger partial charge in [-0.3, -0.25) is 9.59 Å². The minimum atomic E-state index is -0.346. The van der Waals surface area contributed by atoms with E-state index in [1.165, 1.54) is 25.7 Å². The third-order valence-corrected chi connectivity index (χ3v) is 4.95. The van der Waals surface area contributed by atoms with Crippen LogP contribution in [0.4, 0.5) is 0 Å². The Bertz CT molecular complexity index is 373. The highest BCUT2D eigenvalue weighted by atomic mass is 16.2. The molecule has 0 spiro atoms. The molecule has 4 nitrogen and oxygen atoms in total. The molecule has 0 radical (unpaired) electrons. The van der Waals surface area contributed by atoms with Crippen LogP contribution in [-0.2, 0) is 9.59 Å². The summed E-state index contributed by atoms with van der Waals surface area (Å²) >= 11 is 0. The Hall–Kier alpha value is -1.06. The van der Waals surface area contributed by atoms with Gasteiger partial charge in [-0.25, -0.2) is 0 Å². The summed E-state index contributed by atoms with van der Waals surface area (Å²) in [7, 11) is 0. The summed E-state index contributed by atoms with van der Waals surface area (Å²) in [6, 6.07) is -0.668. The Labute approximate surface area is 122 Å². The number of hydrogen-bond acceptors (Lipinski definition) is 2. The average Bonchev–Trinajstić information content (AvgIpc) is 2.40. The molecule has 2 aliphatic rings. The molecule has 2 amide bonds. The van der Waals surface area contributed by atoms with Gasteiger partial charge in [0.15, 0.2) is 0 Å². The SMILES string of the molecule is CC1CCC(CN2C(=O)C(C(C)C)NC(=O)C2C)CC1. The second-order valence-corrected chi connectivity index (χ2v) is 7.02. The van der Waals surface area contributed by atoms with Gasteiger partial charge in [0.25, 0.3) is 0 Å². The highest BCUT2D eigenvalue weighted by molar-refractivity contribution is 5.96. The van der Waals surface area contributed by atoms with Gasteiger partial charge in [-0.15, -0.1) is 0 Å². The van der Waals surface area contributed by atoms with Crippen molar-refractivity contribution in [3.8, 4) is 0 Å². The van der Waals surface area contributed by atoms with Crippen LogP contribution in [0.3, 0.4) is 0 Å². The molecule has 1 saturated heterocycles. The number of hydrogen-bond donors (Lipinski definition) is 1. The molecule has 4 heteroatoms. The second-order valence-electron chi connectivity index (χ2n) is 7.02. The predicted octanol–water partition coefficient (Wildman–Crippen LogP) is 2.18. The van der Waals surface area contributed by atoms with E-state index in [1.807, 2.05) is 25.7 Å². The first kappa shape index (κ1) is 15.3. The average molecular weight is 280 g/mol. The van der Waals surface area contributed by atoms with Crippen molar-refractivity contribution >= 4 is 11.8 Å². The Balaban J connectivity index is 2.03. The maximum absolute atomic E-state index is 12.6. The number of carbonyl (C=O) groups excluding carboxylic acids is 2. The van der Waals surface area contributed by atoms with Gasteiger partial charge in [0.1, 0.15) is 12.1 Å². The monoisotopic (exact) mass is 280 g/mol. The molecule has 0 aromatic carbocycles. The second kappa shape index (κ2) is 6.15. The summed E-state index contributed by atoms with van der Waals surface area (Å²) in [5.41, 5.74) is 0. The Kier molecular flexibility index (Phi) is 4.71. The van der Waals surface area contributed by atoms with Gasteiger partial charge in [-0.05, 0) is 37.5 Å². The summed E-state index contributed by atoms with van der Waals surface area (Å²) in [5.74, 6) is 1.62. The smallest absolute Gasteiger partial charge is 0.246 e. The molecule has 1 heterocycles. The van der Waals surface area contributed by atoms with Crippen molar-refractivity contribution in [2.75, 3.05) is 6.54 Å². The van der Waals surface area contributed by atoms with Crippen molar-refractivity contribution < 1.29 is 9.59 Å². The van der Waals surface area contributed by atoms with Gasteiger partial charge < -0.3 is 10.2 Å². The van der Waals surface area contributed by atoms with Crippen LogP contribution in [0, 0.1) is 17.8 Å². The van der Waals surface area contributed by atoms with Gasteiger partial charge in [0.2, 0.25) is 11.8 Å². The molecule has 1 N–H and O–H groups in total. The predicted molar refractivity (Wildman–Crippen MR) is 79.1 cm³/mol. The van der Waals surface area contributed by atoms with E-state index in [9.17, 15) is 9.59 Å². The van der Waals surface area contributed by atoms with Gasteiger partial charge >= 0.3 is 0 Å². The standard InChI is InChI=1S/C16H28N2O2/c1-10(2)14-16(20)18(12(4)15(19)17-14)9-13-7-5-11(3)6-8-13/h10-14H,5-9H2,1-4H3,(H,17,19). The normalized spacial score (nSPS) is 35.4. The lowest BCUT2D eigenvalue weighted by Gasteiger charge is -2.41. The van der Waals surface area contributed by atoms with Crippen LogP contribution in [0.25, 0.3) is 0 Å². The fraction of sp³-hybridized carbons (Fsp3) is 0.875. The minimum absolute atomic E-state index is 0.00697. The Morgan fingerprint density at radius 2 is 1.75 bits per heavy atom. The van der Waals surface area contributed by atoms with E-state index in [0.717, 1.165) is 12.5 Å². The zero-order valence-electron chi connectivity index (χ0n) is 13.2. The van der Waals surface area contributed by atoms with Gasteiger partial charge in [-0.2, -0.15) is 0 Å². The van der Waals surface area contributed by atoms with E-state index >= 15 is 0 Å². The molecule has 1 aliphatic carbocycles. The van der Waals surface area contributed by atoms with Crippen molar-refractivity contribution in [3.63, 3.8) is 0 Å². The zero-order valence-corrected chi connectivity index (χ0v) is 13.2. The van der Waals surface area contributed by atoms with Crippen LogP contribution in [-0.4, -0.2) is 35.3 Å². The van der Waals surface area contributed by atoms with Crippen LogP contribution < -0.4 is 5.32 Å². The van der Waals surface area contributed by atoms with Crippen LogP contribution in [0.1, 0.15) is 53.4 Å². The maximum Gasteiger partial charge on any atom is 0.246 e. The summed E-state index contributed by atoms with van der Waals surface area (Å²) in [6.07, 6.45) is 4.87. The first-order valence-electron chi connectivity index (χ1n) is 8.01. The van der Waals surface area contributed by atoms with E-state index in [4.69, 9.17) is 0 Å². The number of piperazine rings is 1. The van der Waals surface area contributed by atoms with E-state index in [0.29, 0.717) is 5.92 Å². The van der Waals surface area contributed by atoms with Crippen LogP contribution in [0.5, 0.6) is 0 Å². The fourth-order valence-corrected chi connectivity index (χ4v) is 3.34. The van der Waals surface area contributed by atoms with Crippen molar-refractivity contribution in [2.24, 2.45) is 17.8 Å². The Morgan fingerprint density at radius 1 is 1.15 bits per heavy atom. The van der Waals surface area contributed by atoms with Crippen LogP contribution in [0.15, 0.2) is 0 Å². The molecule has 0 aromatic heterocycles. The van der Waals surface area contributed by atoms with Gasteiger partial charge in [-0.1, -0.05) is 33.6 Å². The van der Waals surface area contributed by atoms with Crippen molar-refractivity contribution in [3.05, 3.63) is 0 Å². The third-order valence-electron chi connectivity index (χ3n) is 4.95. The number of amides is 2. The van der Waals surface area contributed by atoms with Crippen LogP contribution >= 0.6 is 0 Å². The first-order chi connectivity index (χ1) is 9.40. The summed E-state index contributed by atoms with van der Waals surface area (Å²) < 4.78 is 0. The van der Waals surface area contributed by atoms with E-state index in [-0.39, 0.29) is 29.8 Å². The first-order valence-corrected chi connectivity index (χ1v) is 8.01. The fourth-order valence-electron chi connectivity index (χ4n) is 3.34. The highest BCUT2D eigenvalue weighted by Crippen LogP contribution is 2.30. The van der Waals surface area contributed by atoms with E-state index in [1.54, 1.807) is 0 Å². The molecular weight excluding hydrogens is 252 g/mol. The molecule has 2 unspecified atom stereocenters. The van der Waals surface area contributed by atoms with Crippen molar-refractivity contribution in [1.29, 1.82) is 0 Å². The molecule has 0 bridgehead atoms. The molecule has 2 atom stereocenters. The molecule has 2 rings (SSSR count). The third kappa shape index (κ3) is 3.15. The van der Waals surface area contributed by atoms with Crippen molar-refractivity contribution in [2.45, 2.75) is 65.5 Å². The number of nitrogens with zero attached hydrogens (tertiary/aromatic N) is 1. The number of carbonyl (C=O) groups is 2. The number of rotatable bonds is 3.